The predicted octanol–water partition coefficient (Wildman–Crippen LogP) is 3.87. The molecule has 1 aliphatic rings. The Morgan fingerprint density at radius 2 is 2.00 bits per heavy atom. The highest BCUT2D eigenvalue weighted by atomic mass is 32.1. The average molecular weight is 357 g/mol. The fourth-order valence-electron chi connectivity index (χ4n) is 3.04. The van der Waals surface area contributed by atoms with E-state index in [0.717, 1.165) is 37.2 Å². The van der Waals surface area contributed by atoms with Crippen molar-refractivity contribution in [2.45, 2.75) is 39.2 Å². The highest BCUT2D eigenvalue weighted by molar-refractivity contribution is 7.12. The lowest BCUT2D eigenvalue weighted by atomic mass is 10.1. The quantitative estimate of drug-likeness (QED) is 0.763. The van der Waals surface area contributed by atoms with Gasteiger partial charge in [0, 0.05) is 25.9 Å². The van der Waals surface area contributed by atoms with E-state index in [1.165, 1.54) is 16.9 Å². The Hall–Kier alpha value is -2.14. The van der Waals surface area contributed by atoms with E-state index in [4.69, 9.17) is 4.74 Å². The third kappa shape index (κ3) is 4.69. The van der Waals surface area contributed by atoms with Crippen molar-refractivity contribution in [1.82, 2.24) is 4.90 Å². The van der Waals surface area contributed by atoms with Crippen LogP contribution in [0, 0.1) is 6.92 Å². The minimum Gasteiger partial charge on any atom is -0.490 e. The van der Waals surface area contributed by atoms with Gasteiger partial charge < -0.3 is 9.64 Å². The number of ketones is 1. The summed E-state index contributed by atoms with van der Waals surface area (Å²) in [5, 5.41) is 1.90. The van der Waals surface area contributed by atoms with Crippen molar-refractivity contribution in [3.63, 3.8) is 0 Å². The number of piperidine rings is 1. The fraction of sp³-hybridized carbons (Fsp3) is 0.400. The maximum absolute atomic E-state index is 12.5. The molecule has 1 fully saturated rings. The van der Waals surface area contributed by atoms with Crippen molar-refractivity contribution in [1.29, 1.82) is 0 Å². The highest BCUT2D eigenvalue weighted by Gasteiger charge is 2.24. The summed E-state index contributed by atoms with van der Waals surface area (Å²) in [5.74, 6) is 1.08. The number of likely N-dealkylation sites (tertiary alicyclic amines) is 1. The molecule has 1 saturated heterocycles. The molecule has 0 aliphatic carbocycles. The molecule has 0 N–H and O–H groups in total. The van der Waals surface area contributed by atoms with E-state index in [0.29, 0.717) is 11.3 Å². The SMILES string of the molecule is CC(=O)c1cc(CC(=O)N2CCC(Oc3cccc(C)c3)CC2)cs1. The summed E-state index contributed by atoms with van der Waals surface area (Å²) in [7, 11) is 0. The molecule has 1 aliphatic heterocycles. The first-order valence-electron chi connectivity index (χ1n) is 8.60. The monoisotopic (exact) mass is 357 g/mol. The molecule has 3 rings (SSSR count). The molecule has 0 atom stereocenters. The van der Waals surface area contributed by atoms with Crippen LogP contribution in [-0.4, -0.2) is 35.8 Å². The number of benzene rings is 1. The summed E-state index contributed by atoms with van der Waals surface area (Å²) < 4.78 is 6.04. The molecule has 4 nitrogen and oxygen atoms in total. The molecule has 0 radical (unpaired) electrons. The Bertz CT molecular complexity index is 760. The summed E-state index contributed by atoms with van der Waals surface area (Å²) in [5.41, 5.74) is 2.11. The average Bonchev–Trinajstić information content (AvgIpc) is 3.04. The van der Waals surface area contributed by atoms with Crippen LogP contribution >= 0.6 is 11.3 Å². The van der Waals surface area contributed by atoms with Gasteiger partial charge in [0.25, 0.3) is 0 Å². The molecule has 1 aromatic carbocycles. The molecule has 0 unspecified atom stereocenters. The molecule has 1 aromatic heterocycles. The van der Waals surface area contributed by atoms with Crippen LogP contribution < -0.4 is 4.74 Å². The van der Waals surface area contributed by atoms with Crippen LogP contribution in [0.25, 0.3) is 0 Å². The summed E-state index contributed by atoms with van der Waals surface area (Å²) in [6.45, 7) is 5.05. The normalized spacial score (nSPS) is 15.2. The van der Waals surface area contributed by atoms with Crippen molar-refractivity contribution in [2.75, 3.05) is 13.1 Å². The second-order valence-electron chi connectivity index (χ2n) is 6.57. The number of amides is 1. The fourth-order valence-corrected chi connectivity index (χ4v) is 3.86. The molecule has 2 heterocycles. The second kappa shape index (κ2) is 7.83. The number of Topliss-reactive ketones (excluding diaryl/α,β-unsaturated/α-hetero) is 1. The van der Waals surface area contributed by atoms with Gasteiger partial charge in [-0.25, -0.2) is 0 Å². The van der Waals surface area contributed by atoms with E-state index < -0.39 is 0 Å². The summed E-state index contributed by atoms with van der Waals surface area (Å²) in [6.07, 6.45) is 2.23. The number of rotatable bonds is 5. The lowest BCUT2D eigenvalue weighted by Crippen LogP contribution is -2.42. The highest BCUT2D eigenvalue weighted by Crippen LogP contribution is 2.21. The zero-order chi connectivity index (χ0) is 17.8. The number of nitrogens with zero attached hydrogens (tertiary/aromatic N) is 1. The van der Waals surface area contributed by atoms with Crippen LogP contribution in [0.2, 0.25) is 0 Å². The van der Waals surface area contributed by atoms with E-state index >= 15 is 0 Å². The molecule has 0 bridgehead atoms. The maximum atomic E-state index is 12.5. The first kappa shape index (κ1) is 17.7. The van der Waals surface area contributed by atoms with Gasteiger partial charge in [-0.3, -0.25) is 9.59 Å². The molecular formula is C20H23NO3S. The molecule has 132 valence electrons. The van der Waals surface area contributed by atoms with Crippen LogP contribution in [-0.2, 0) is 11.2 Å². The Morgan fingerprint density at radius 3 is 2.64 bits per heavy atom. The summed E-state index contributed by atoms with van der Waals surface area (Å²) in [4.78, 5) is 26.4. The van der Waals surface area contributed by atoms with Gasteiger partial charge in [0.2, 0.25) is 5.91 Å². The Labute approximate surface area is 152 Å². The van der Waals surface area contributed by atoms with Gasteiger partial charge in [-0.15, -0.1) is 11.3 Å². The molecule has 0 spiro atoms. The third-order valence-electron chi connectivity index (χ3n) is 4.44. The number of thiophene rings is 1. The van der Waals surface area contributed by atoms with E-state index in [1.807, 2.05) is 34.5 Å². The van der Waals surface area contributed by atoms with Crippen molar-refractivity contribution in [2.24, 2.45) is 0 Å². The van der Waals surface area contributed by atoms with Gasteiger partial charge in [-0.1, -0.05) is 12.1 Å². The first-order chi connectivity index (χ1) is 12.0. The van der Waals surface area contributed by atoms with E-state index in [2.05, 4.69) is 13.0 Å². The zero-order valence-corrected chi connectivity index (χ0v) is 15.5. The van der Waals surface area contributed by atoms with Gasteiger partial charge in [0.15, 0.2) is 5.78 Å². The number of hydrogen-bond donors (Lipinski definition) is 0. The van der Waals surface area contributed by atoms with Crippen LogP contribution in [0.4, 0.5) is 0 Å². The second-order valence-corrected chi connectivity index (χ2v) is 7.48. The third-order valence-corrected chi connectivity index (χ3v) is 5.52. The topological polar surface area (TPSA) is 46.6 Å². The Morgan fingerprint density at radius 1 is 1.24 bits per heavy atom. The Kier molecular flexibility index (Phi) is 5.53. The zero-order valence-electron chi connectivity index (χ0n) is 14.7. The molecule has 0 saturated carbocycles. The number of aryl methyl sites for hydroxylation is 1. The molecule has 25 heavy (non-hydrogen) atoms. The molecular weight excluding hydrogens is 334 g/mol. The molecule has 1 amide bonds. The largest absolute Gasteiger partial charge is 0.490 e. The molecule has 5 heteroatoms. The van der Waals surface area contributed by atoms with Gasteiger partial charge in [-0.2, -0.15) is 0 Å². The van der Waals surface area contributed by atoms with E-state index in [1.54, 1.807) is 6.92 Å². The van der Waals surface area contributed by atoms with Crippen molar-refractivity contribution < 1.29 is 14.3 Å². The number of hydrogen-bond acceptors (Lipinski definition) is 4. The van der Waals surface area contributed by atoms with Crippen molar-refractivity contribution in [3.8, 4) is 5.75 Å². The minimum atomic E-state index is 0.0535. The number of ether oxygens (including phenoxy) is 1. The van der Waals surface area contributed by atoms with E-state index in [-0.39, 0.29) is 17.8 Å². The van der Waals surface area contributed by atoms with Crippen LogP contribution in [0.1, 0.15) is 40.6 Å². The summed E-state index contributed by atoms with van der Waals surface area (Å²) in [6, 6.07) is 9.91. The lowest BCUT2D eigenvalue weighted by molar-refractivity contribution is -0.132. The Balaban J connectivity index is 1.49. The van der Waals surface area contributed by atoms with Crippen molar-refractivity contribution >= 4 is 23.0 Å². The standard InChI is InChI=1S/C20H23NO3S/c1-14-4-3-5-18(10-14)24-17-6-8-21(9-7-17)20(23)12-16-11-19(15(2)22)25-13-16/h3-5,10-11,13,17H,6-9,12H2,1-2H3. The first-order valence-corrected chi connectivity index (χ1v) is 9.48. The number of carbonyl (C=O) groups is 2. The lowest BCUT2D eigenvalue weighted by Gasteiger charge is -2.32. The number of carbonyl (C=O) groups excluding carboxylic acids is 2. The van der Waals surface area contributed by atoms with Crippen LogP contribution in [0.15, 0.2) is 35.7 Å². The van der Waals surface area contributed by atoms with Crippen LogP contribution in [0.5, 0.6) is 5.75 Å². The van der Waals surface area contributed by atoms with Gasteiger partial charge >= 0.3 is 0 Å². The van der Waals surface area contributed by atoms with E-state index in [9.17, 15) is 9.59 Å². The maximum Gasteiger partial charge on any atom is 0.227 e. The summed E-state index contributed by atoms with van der Waals surface area (Å²) >= 11 is 1.41. The minimum absolute atomic E-state index is 0.0535. The molecule has 2 aromatic rings. The van der Waals surface area contributed by atoms with Gasteiger partial charge in [0.05, 0.1) is 11.3 Å². The predicted molar refractivity (Wildman–Crippen MR) is 99.4 cm³/mol. The smallest absolute Gasteiger partial charge is 0.227 e. The van der Waals surface area contributed by atoms with Gasteiger partial charge in [-0.05, 0) is 48.6 Å². The van der Waals surface area contributed by atoms with Gasteiger partial charge in [0.1, 0.15) is 11.9 Å². The van der Waals surface area contributed by atoms with Crippen LogP contribution in [0.3, 0.4) is 0 Å². The van der Waals surface area contributed by atoms with Crippen molar-refractivity contribution in [3.05, 3.63) is 51.7 Å².